The zero-order valence-corrected chi connectivity index (χ0v) is 12.2. The maximum atomic E-state index is 12.0. The van der Waals surface area contributed by atoms with Crippen molar-refractivity contribution in [2.75, 3.05) is 7.11 Å². The maximum absolute atomic E-state index is 12.0. The van der Waals surface area contributed by atoms with Gasteiger partial charge >= 0.3 is 0 Å². The molecule has 19 heavy (non-hydrogen) atoms. The van der Waals surface area contributed by atoms with E-state index in [9.17, 15) is 9.59 Å². The van der Waals surface area contributed by atoms with Crippen LogP contribution in [0.15, 0.2) is 24.3 Å². The van der Waals surface area contributed by atoms with Crippen LogP contribution in [0.5, 0.6) is 5.75 Å². The third-order valence-corrected chi connectivity index (χ3v) is 3.63. The van der Waals surface area contributed by atoms with Gasteiger partial charge in [0.25, 0.3) is 0 Å². The van der Waals surface area contributed by atoms with Gasteiger partial charge in [-0.2, -0.15) is 0 Å². The van der Waals surface area contributed by atoms with Crippen molar-refractivity contribution in [2.24, 2.45) is 5.41 Å². The molecule has 0 aliphatic carbocycles. The van der Waals surface area contributed by atoms with Crippen LogP contribution < -0.4 is 4.74 Å². The predicted molar refractivity (Wildman–Crippen MR) is 75.6 cm³/mol. The van der Waals surface area contributed by atoms with Crippen LogP contribution in [0.25, 0.3) is 0 Å². The molecule has 104 valence electrons. The number of Topliss-reactive ketones (excluding diaryl/α,β-unsaturated/α-hetero) is 2. The van der Waals surface area contributed by atoms with Crippen LogP contribution in [0.2, 0.25) is 0 Å². The average molecular weight is 262 g/mol. The number of carbonyl (C=O) groups is 2. The first kappa shape index (κ1) is 15.4. The van der Waals surface area contributed by atoms with Crippen molar-refractivity contribution < 1.29 is 14.3 Å². The summed E-state index contributed by atoms with van der Waals surface area (Å²) in [6.45, 7) is 5.84. The number of carbonyl (C=O) groups excluding carboxylic acids is 2. The predicted octanol–water partition coefficient (Wildman–Crippen LogP) is 3.66. The molecule has 1 aromatic carbocycles. The number of ketones is 2. The Morgan fingerprint density at radius 3 is 2.16 bits per heavy atom. The SMILES string of the molecule is CCC(C)(C)C(=O)CCC(=O)c1ccc(OC)cc1. The molecule has 3 heteroatoms. The summed E-state index contributed by atoms with van der Waals surface area (Å²) < 4.78 is 5.04. The van der Waals surface area contributed by atoms with Crippen molar-refractivity contribution >= 4 is 11.6 Å². The first-order chi connectivity index (χ1) is 8.90. The average Bonchev–Trinajstić information content (AvgIpc) is 2.44. The van der Waals surface area contributed by atoms with Gasteiger partial charge in [-0.05, 0) is 30.7 Å². The molecular formula is C16H22O3. The van der Waals surface area contributed by atoms with Crippen molar-refractivity contribution in [1.82, 2.24) is 0 Å². The Balaban J connectivity index is 2.58. The minimum atomic E-state index is -0.333. The minimum absolute atomic E-state index is 0.00269. The number of benzene rings is 1. The molecule has 1 rings (SSSR count). The lowest BCUT2D eigenvalue weighted by Crippen LogP contribution is -2.23. The number of methoxy groups -OCH3 is 1. The lowest BCUT2D eigenvalue weighted by Gasteiger charge is -2.20. The molecule has 0 heterocycles. The molecule has 0 bridgehead atoms. The number of hydrogen-bond donors (Lipinski definition) is 0. The molecule has 0 saturated heterocycles. The fourth-order valence-electron chi connectivity index (χ4n) is 1.68. The van der Waals surface area contributed by atoms with Gasteiger partial charge in [-0.3, -0.25) is 9.59 Å². The fourth-order valence-corrected chi connectivity index (χ4v) is 1.68. The molecule has 0 atom stereocenters. The van der Waals surface area contributed by atoms with Crippen LogP contribution in [0, 0.1) is 5.41 Å². The van der Waals surface area contributed by atoms with Crippen LogP contribution in [0.4, 0.5) is 0 Å². The van der Waals surface area contributed by atoms with E-state index in [0.717, 1.165) is 12.2 Å². The van der Waals surface area contributed by atoms with Crippen molar-refractivity contribution in [1.29, 1.82) is 0 Å². The third kappa shape index (κ3) is 4.19. The van der Waals surface area contributed by atoms with E-state index in [0.29, 0.717) is 12.0 Å². The Bertz CT molecular complexity index is 444. The summed E-state index contributed by atoms with van der Waals surface area (Å²) in [6.07, 6.45) is 1.38. The first-order valence-electron chi connectivity index (χ1n) is 6.61. The number of rotatable bonds is 7. The summed E-state index contributed by atoms with van der Waals surface area (Å²) in [7, 11) is 1.59. The normalized spacial score (nSPS) is 11.2. The Kier molecular flexibility index (Phi) is 5.28. The second kappa shape index (κ2) is 6.50. The van der Waals surface area contributed by atoms with Crippen LogP contribution in [0.3, 0.4) is 0 Å². The second-order valence-electron chi connectivity index (χ2n) is 5.31. The van der Waals surface area contributed by atoms with Crippen molar-refractivity contribution in [3.05, 3.63) is 29.8 Å². The van der Waals surface area contributed by atoms with Gasteiger partial charge in [0.05, 0.1) is 7.11 Å². The summed E-state index contributed by atoms with van der Waals surface area (Å²) in [5, 5.41) is 0. The maximum Gasteiger partial charge on any atom is 0.163 e. The highest BCUT2D eigenvalue weighted by Gasteiger charge is 2.25. The molecule has 1 aromatic rings. The summed E-state index contributed by atoms with van der Waals surface area (Å²) in [5.41, 5.74) is 0.295. The zero-order chi connectivity index (χ0) is 14.5. The van der Waals surface area contributed by atoms with Gasteiger partial charge in [0.2, 0.25) is 0 Å². The molecule has 0 aliphatic rings. The van der Waals surface area contributed by atoms with Crippen LogP contribution in [-0.2, 0) is 4.79 Å². The molecule has 0 aromatic heterocycles. The summed E-state index contributed by atoms with van der Waals surface area (Å²) in [5.74, 6) is 0.875. The van der Waals surface area contributed by atoms with Crippen molar-refractivity contribution in [3.63, 3.8) is 0 Å². The molecule has 0 saturated carbocycles. The molecule has 0 fully saturated rings. The number of ether oxygens (including phenoxy) is 1. The van der Waals surface area contributed by atoms with E-state index in [1.807, 2.05) is 20.8 Å². The topological polar surface area (TPSA) is 43.4 Å². The third-order valence-electron chi connectivity index (χ3n) is 3.63. The van der Waals surface area contributed by atoms with Gasteiger partial charge in [-0.1, -0.05) is 20.8 Å². The Morgan fingerprint density at radius 1 is 1.11 bits per heavy atom. The molecule has 0 spiro atoms. The molecule has 0 radical (unpaired) electrons. The molecule has 0 aliphatic heterocycles. The smallest absolute Gasteiger partial charge is 0.163 e. The molecule has 0 unspecified atom stereocenters. The lowest BCUT2D eigenvalue weighted by atomic mass is 9.83. The van der Waals surface area contributed by atoms with E-state index < -0.39 is 0 Å². The van der Waals surface area contributed by atoms with E-state index in [-0.39, 0.29) is 23.4 Å². The molecular weight excluding hydrogens is 240 g/mol. The summed E-state index contributed by atoms with van der Waals surface area (Å²) >= 11 is 0. The van der Waals surface area contributed by atoms with Gasteiger partial charge in [0, 0.05) is 23.8 Å². The Morgan fingerprint density at radius 2 is 1.68 bits per heavy atom. The van der Waals surface area contributed by atoms with Crippen LogP contribution in [-0.4, -0.2) is 18.7 Å². The van der Waals surface area contributed by atoms with E-state index >= 15 is 0 Å². The largest absolute Gasteiger partial charge is 0.497 e. The lowest BCUT2D eigenvalue weighted by molar-refractivity contribution is -0.127. The Hall–Kier alpha value is -1.64. The highest BCUT2D eigenvalue weighted by molar-refractivity contribution is 5.98. The van der Waals surface area contributed by atoms with E-state index in [4.69, 9.17) is 4.74 Å². The molecule has 0 amide bonds. The monoisotopic (exact) mass is 262 g/mol. The highest BCUT2D eigenvalue weighted by atomic mass is 16.5. The van der Waals surface area contributed by atoms with E-state index in [1.165, 1.54) is 0 Å². The van der Waals surface area contributed by atoms with Crippen LogP contribution in [0.1, 0.15) is 50.4 Å². The molecule has 3 nitrogen and oxygen atoms in total. The van der Waals surface area contributed by atoms with Crippen LogP contribution >= 0.6 is 0 Å². The van der Waals surface area contributed by atoms with Gasteiger partial charge in [-0.25, -0.2) is 0 Å². The Labute approximate surface area is 115 Å². The van der Waals surface area contributed by atoms with Gasteiger partial charge in [0.15, 0.2) is 5.78 Å². The second-order valence-corrected chi connectivity index (χ2v) is 5.31. The number of hydrogen-bond acceptors (Lipinski definition) is 3. The van der Waals surface area contributed by atoms with Gasteiger partial charge in [0.1, 0.15) is 11.5 Å². The summed E-state index contributed by atoms with van der Waals surface area (Å²) in [6, 6.07) is 6.98. The molecule has 0 N–H and O–H groups in total. The van der Waals surface area contributed by atoms with Gasteiger partial charge < -0.3 is 4.74 Å². The van der Waals surface area contributed by atoms with E-state index in [2.05, 4.69) is 0 Å². The minimum Gasteiger partial charge on any atom is -0.497 e. The van der Waals surface area contributed by atoms with Crippen molar-refractivity contribution in [2.45, 2.75) is 40.0 Å². The highest BCUT2D eigenvalue weighted by Crippen LogP contribution is 2.24. The van der Waals surface area contributed by atoms with Gasteiger partial charge in [-0.15, -0.1) is 0 Å². The van der Waals surface area contributed by atoms with E-state index in [1.54, 1.807) is 31.4 Å². The standard InChI is InChI=1S/C16H22O3/c1-5-16(2,3)15(18)11-10-14(17)12-6-8-13(19-4)9-7-12/h6-9H,5,10-11H2,1-4H3. The first-order valence-corrected chi connectivity index (χ1v) is 6.61. The summed E-state index contributed by atoms with van der Waals surface area (Å²) in [4.78, 5) is 23.9. The van der Waals surface area contributed by atoms with Crippen molar-refractivity contribution in [3.8, 4) is 5.75 Å². The fraction of sp³-hybridized carbons (Fsp3) is 0.500. The quantitative estimate of drug-likeness (QED) is 0.704. The zero-order valence-electron chi connectivity index (χ0n) is 12.2.